The van der Waals surface area contributed by atoms with E-state index in [1.807, 2.05) is 38.1 Å². The van der Waals surface area contributed by atoms with Gasteiger partial charge in [-0.2, -0.15) is 0 Å². The number of carbonyl (C=O) groups excluding carboxylic acids is 1. The number of amides is 1. The van der Waals surface area contributed by atoms with E-state index in [2.05, 4.69) is 5.32 Å². The Hall–Kier alpha value is -1.59. The molecule has 5 heteroatoms. The molecular formula is C19H28N2O3. The summed E-state index contributed by atoms with van der Waals surface area (Å²) < 4.78 is 5.64. The molecule has 132 valence electrons. The number of ether oxygens (including phenoxy) is 1. The highest BCUT2D eigenvalue weighted by atomic mass is 16.5. The van der Waals surface area contributed by atoms with Crippen LogP contribution in [0.1, 0.15) is 44.8 Å². The highest BCUT2D eigenvalue weighted by Crippen LogP contribution is 2.47. The Morgan fingerprint density at radius 3 is 2.79 bits per heavy atom. The lowest BCUT2D eigenvalue weighted by molar-refractivity contribution is -0.127. The lowest BCUT2D eigenvalue weighted by Crippen LogP contribution is -2.46. The quantitative estimate of drug-likeness (QED) is 0.744. The van der Waals surface area contributed by atoms with E-state index < -0.39 is 6.10 Å². The number of nitrogens with two attached hydrogens (primary N) is 1. The van der Waals surface area contributed by atoms with Crippen molar-refractivity contribution in [3.63, 3.8) is 0 Å². The molecule has 5 atom stereocenters. The molecular weight excluding hydrogens is 304 g/mol. The van der Waals surface area contributed by atoms with Crippen molar-refractivity contribution in [2.45, 2.75) is 51.4 Å². The Kier molecular flexibility index (Phi) is 5.11. The molecule has 2 aliphatic rings. The summed E-state index contributed by atoms with van der Waals surface area (Å²) in [5.41, 5.74) is 6.95. The number of aliphatic hydroxyl groups excluding tert-OH is 1. The Morgan fingerprint density at radius 2 is 2.12 bits per heavy atom. The molecule has 0 saturated heterocycles. The first-order valence-corrected chi connectivity index (χ1v) is 8.93. The third-order valence-electron chi connectivity index (χ3n) is 5.37. The van der Waals surface area contributed by atoms with Gasteiger partial charge in [0, 0.05) is 12.6 Å². The van der Waals surface area contributed by atoms with Crippen LogP contribution in [0.25, 0.3) is 0 Å². The molecule has 0 aromatic heterocycles. The first-order valence-electron chi connectivity index (χ1n) is 8.93. The van der Waals surface area contributed by atoms with Gasteiger partial charge in [-0.15, -0.1) is 0 Å². The monoisotopic (exact) mass is 332 g/mol. The summed E-state index contributed by atoms with van der Waals surface area (Å²) in [7, 11) is 0. The van der Waals surface area contributed by atoms with E-state index in [0.717, 1.165) is 30.6 Å². The first kappa shape index (κ1) is 17.2. The molecule has 1 aromatic rings. The summed E-state index contributed by atoms with van der Waals surface area (Å²) in [6.45, 7) is 4.12. The lowest BCUT2D eigenvalue weighted by Gasteiger charge is -2.27. The summed E-state index contributed by atoms with van der Waals surface area (Å²) in [6.07, 6.45) is 2.67. The molecule has 1 aromatic carbocycles. The minimum absolute atomic E-state index is 0.0108. The molecule has 3 rings (SSSR count). The van der Waals surface area contributed by atoms with Gasteiger partial charge < -0.3 is 20.9 Å². The van der Waals surface area contributed by atoms with Crippen LogP contribution in [0.3, 0.4) is 0 Å². The van der Waals surface area contributed by atoms with Crippen molar-refractivity contribution in [3.05, 3.63) is 29.8 Å². The van der Waals surface area contributed by atoms with Crippen molar-refractivity contribution >= 4 is 5.91 Å². The van der Waals surface area contributed by atoms with Crippen LogP contribution in [0.2, 0.25) is 0 Å². The van der Waals surface area contributed by atoms with Gasteiger partial charge in [0.05, 0.1) is 18.1 Å². The second-order valence-electron chi connectivity index (χ2n) is 7.44. The van der Waals surface area contributed by atoms with E-state index in [-0.39, 0.29) is 30.5 Å². The summed E-state index contributed by atoms with van der Waals surface area (Å²) in [5, 5.41) is 13.3. The highest BCUT2D eigenvalue weighted by molar-refractivity contribution is 5.80. The molecule has 0 heterocycles. The minimum Gasteiger partial charge on any atom is -0.491 e. The van der Waals surface area contributed by atoms with Gasteiger partial charge in [0.1, 0.15) is 5.75 Å². The van der Waals surface area contributed by atoms with Crippen LogP contribution in [0.4, 0.5) is 0 Å². The zero-order valence-corrected chi connectivity index (χ0v) is 14.4. The van der Waals surface area contributed by atoms with Crippen molar-refractivity contribution < 1.29 is 14.6 Å². The molecule has 5 unspecified atom stereocenters. The van der Waals surface area contributed by atoms with Crippen LogP contribution < -0.4 is 15.8 Å². The number of benzene rings is 1. The molecule has 4 N–H and O–H groups in total. The summed E-state index contributed by atoms with van der Waals surface area (Å²) in [4.78, 5) is 12.5. The van der Waals surface area contributed by atoms with Gasteiger partial charge in [-0.3, -0.25) is 4.79 Å². The summed E-state index contributed by atoms with van der Waals surface area (Å²) in [6, 6.07) is 7.35. The highest BCUT2D eigenvalue weighted by Gasteiger charge is 2.48. The molecule has 0 spiro atoms. The van der Waals surface area contributed by atoms with Crippen LogP contribution in [-0.2, 0) is 4.79 Å². The summed E-state index contributed by atoms with van der Waals surface area (Å²) >= 11 is 0. The van der Waals surface area contributed by atoms with Gasteiger partial charge in [-0.1, -0.05) is 12.1 Å². The third kappa shape index (κ3) is 3.57. The zero-order chi connectivity index (χ0) is 17.3. The minimum atomic E-state index is -0.750. The average molecular weight is 332 g/mol. The molecule has 5 nitrogen and oxygen atoms in total. The van der Waals surface area contributed by atoms with Gasteiger partial charge in [0.25, 0.3) is 0 Å². The predicted molar refractivity (Wildman–Crippen MR) is 92.5 cm³/mol. The van der Waals surface area contributed by atoms with Crippen molar-refractivity contribution in [2.75, 3.05) is 6.54 Å². The number of fused-ring (bicyclic) bond motifs is 2. The van der Waals surface area contributed by atoms with Gasteiger partial charge in [0.15, 0.2) is 0 Å². The van der Waals surface area contributed by atoms with Crippen LogP contribution in [0.5, 0.6) is 5.75 Å². The Morgan fingerprint density at radius 1 is 1.38 bits per heavy atom. The largest absolute Gasteiger partial charge is 0.491 e. The number of hydrogen-bond acceptors (Lipinski definition) is 4. The molecule has 0 aliphatic heterocycles. The molecule has 24 heavy (non-hydrogen) atoms. The maximum absolute atomic E-state index is 12.5. The first-order chi connectivity index (χ1) is 11.5. The van der Waals surface area contributed by atoms with Crippen molar-refractivity contribution in [1.29, 1.82) is 0 Å². The van der Waals surface area contributed by atoms with Crippen molar-refractivity contribution in [2.24, 2.45) is 23.5 Å². The van der Waals surface area contributed by atoms with Gasteiger partial charge in [-0.05, 0) is 62.6 Å². The van der Waals surface area contributed by atoms with Crippen molar-refractivity contribution in [1.82, 2.24) is 5.32 Å². The Labute approximate surface area is 143 Å². The number of nitrogens with one attached hydrogen (secondary N) is 1. The normalized spacial score (nSPS) is 29.7. The van der Waals surface area contributed by atoms with E-state index >= 15 is 0 Å². The van der Waals surface area contributed by atoms with E-state index in [9.17, 15) is 9.90 Å². The fourth-order valence-corrected chi connectivity index (χ4v) is 4.23. The molecule has 1 amide bonds. The number of aliphatic hydroxyl groups is 1. The maximum atomic E-state index is 12.5. The number of carbonyl (C=O) groups is 1. The molecule has 2 saturated carbocycles. The zero-order valence-electron chi connectivity index (χ0n) is 14.4. The lowest BCUT2D eigenvalue weighted by atomic mass is 9.84. The van der Waals surface area contributed by atoms with E-state index in [1.165, 1.54) is 0 Å². The SMILES string of the molecule is CC(C)Oc1cccc(C(O)CNC(=O)C2C3CCC(C3)C2N)c1. The van der Waals surface area contributed by atoms with Crippen LogP contribution in [-0.4, -0.2) is 29.7 Å². The average Bonchev–Trinajstić information content (AvgIpc) is 3.13. The second-order valence-corrected chi connectivity index (χ2v) is 7.44. The standard InChI is InChI=1S/C19H28N2O3/c1-11(2)24-15-5-3-4-12(9-15)16(22)10-21-19(23)17-13-6-7-14(8-13)18(17)20/h3-5,9,11,13-14,16-18,22H,6-8,10,20H2,1-2H3,(H,21,23). The van der Waals surface area contributed by atoms with E-state index in [1.54, 1.807) is 0 Å². The smallest absolute Gasteiger partial charge is 0.225 e. The van der Waals surface area contributed by atoms with Crippen molar-refractivity contribution in [3.8, 4) is 5.75 Å². The third-order valence-corrected chi connectivity index (χ3v) is 5.37. The molecule has 0 radical (unpaired) electrons. The molecule has 2 aliphatic carbocycles. The Balaban J connectivity index is 1.55. The topological polar surface area (TPSA) is 84.6 Å². The van der Waals surface area contributed by atoms with Crippen LogP contribution >= 0.6 is 0 Å². The number of rotatable bonds is 6. The second kappa shape index (κ2) is 7.11. The maximum Gasteiger partial charge on any atom is 0.225 e. The van der Waals surface area contributed by atoms with Gasteiger partial charge >= 0.3 is 0 Å². The van der Waals surface area contributed by atoms with Gasteiger partial charge in [-0.25, -0.2) is 0 Å². The fraction of sp³-hybridized carbons (Fsp3) is 0.632. The fourth-order valence-electron chi connectivity index (χ4n) is 4.23. The van der Waals surface area contributed by atoms with Gasteiger partial charge in [0.2, 0.25) is 5.91 Å². The van der Waals surface area contributed by atoms with E-state index in [4.69, 9.17) is 10.5 Å². The predicted octanol–water partition coefficient (Wildman–Crippen LogP) is 2.00. The summed E-state index contributed by atoms with van der Waals surface area (Å²) in [5.74, 6) is 1.54. The van der Waals surface area contributed by atoms with Crippen LogP contribution in [0.15, 0.2) is 24.3 Å². The molecule has 2 bridgehead atoms. The number of hydrogen-bond donors (Lipinski definition) is 3. The molecule has 2 fully saturated rings. The van der Waals surface area contributed by atoms with E-state index in [0.29, 0.717) is 11.8 Å². The van der Waals surface area contributed by atoms with Crippen LogP contribution in [0, 0.1) is 17.8 Å². The Bertz CT molecular complexity index is 588.